The van der Waals surface area contributed by atoms with E-state index in [9.17, 15) is 17.2 Å². The first-order valence-corrected chi connectivity index (χ1v) is 12.7. The monoisotopic (exact) mass is 513 g/mol. The van der Waals surface area contributed by atoms with Gasteiger partial charge in [-0.15, -0.1) is 0 Å². The minimum Gasteiger partial charge on any atom is -0.382 e. The zero-order valence-electron chi connectivity index (χ0n) is 19.7. The molecule has 0 radical (unpaired) electrons. The van der Waals surface area contributed by atoms with Crippen molar-refractivity contribution in [2.75, 3.05) is 19.5 Å². The van der Waals surface area contributed by atoms with Crippen LogP contribution >= 0.6 is 0 Å². The highest BCUT2D eigenvalue weighted by molar-refractivity contribution is 7.92. The number of aromatic nitrogens is 3. The quantitative estimate of drug-likeness (QED) is 0.337. The highest BCUT2D eigenvalue weighted by Crippen LogP contribution is 2.31. The van der Waals surface area contributed by atoms with Crippen molar-refractivity contribution < 1.29 is 21.7 Å². The van der Waals surface area contributed by atoms with E-state index in [1.54, 1.807) is 31.3 Å². The fourth-order valence-electron chi connectivity index (χ4n) is 3.67. The van der Waals surface area contributed by atoms with Crippen LogP contribution in [-0.2, 0) is 16.4 Å². The Hall–Kier alpha value is -3.70. The summed E-state index contributed by atoms with van der Waals surface area (Å²) in [6, 6.07) is 12.5. The van der Waals surface area contributed by atoms with Crippen LogP contribution in [0.15, 0.2) is 64.1 Å². The number of hydrogen-bond donors (Lipinski definition) is 2. The van der Waals surface area contributed by atoms with Gasteiger partial charge >= 0.3 is 0 Å². The number of nitrogen functional groups attached to an aromatic ring is 1. The molecule has 36 heavy (non-hydrogen) atoms. The first kappa shape index (κ1) is 25.4. The van der Waals surface area contributed by atoms with Gasteiger partial charge in [0.1, 0.15) is 11.5 Å². The number of rotatable bonds is 9. The molecule has 2 heterocycles. The molecule has 0 bridgehead atoms. The lowest BCUT2D eigenvalue weighted by molar-refractivity contribution is 0.433. The first-order valence-electron chi connectivity index (χ1n) is 11.2. The summed E-state index contributed by atoms with van der Waals surface area (Å²) in [6.45, 7) is 1.30. The van der Waals surface area contributed by atoms with Crippen molar-refractivity contribution in [3.63, 3.8) is 0 Å². The van der Waals surface area contributed by atoms with Gasteiger partial charge in [-0.05, 0) is 50.2 Å². The minimum absolute atomic E-state index is 0.0694. The van der Waals surface area contributed by atoms with Gasteiger partial charge in [-0.3, -0.25) is 4.39 Å². The summed E-state index contributed by atoms with van der Waals surface area (Å²) in [5, 5.41) is 6.10. The van der Waals surface area contributed by atoms with Gasteiger partial charge < -0.3 is 15.6 Å². The molecule has 0 fully saturated rings. The summed E-state index contributed by atoms with van der Waals surface area (Å²) in [6.07, 6.45) is 1.38. The molecule has 0 aliphatic carbocycles. The molecule has 1 unspecified atom stereocenters. The molecule has 2 aromatic carbocycles. The third-order valence-corrected chi connectivity index (χ3v) is 7.98. The Morgan fingerprint density at radius 3 is 2.53 bits per heavy atom. The van der Waals surface area contributed by atoms with Crippen molar-refractivity contribution in [3.05, 3.63) is 66.1 Å². The van der Waals surface area contributed by atoms with Crippen molar-refractivity contribution in [2.45, 2.75) is 30.0 Å². The Balaban J connectivity index is 1.63. The van der Waals surface area contributed by atoms with Gasteiger partial charge in [0, 0.05) is 23.7 Å². The molecule has 2 aromatic heterocycles. The topological polar surface area (TPSA) is 124 Å². The smallest absolute Gasteiger partial charge is 0.189 e. The van der Waals surface area contributed by atoms with Gasteiger partial charge in [0.25, 0.3) is 0 Å². The van der Waals surface area contributed by atoms with E-state index in [-0.39, 0.29) is 39.8 Å². The maximum absolute atomic E-state index is 14.6. The molecule has 8 nitrogen and oxygen atoms in total. The number of sulfone groups is 1. The largest absolute Gasteiger partial charge is 0.382 e. The predicted octanol–water partition coefficient (Wildman–Crippen LogP) is 4.43. The van der Waals surface area contributed by atoms with E-state index in [0.29, 0.717) is 17.8 Å². The normalized spacial score (nSPS) is 12.6. The lowest BCUT2D eigenvalue weighted by Gasteiger charge is -2.12. The SMILES string of the molecule is CNCc1ccc(-c2cc(-c3nc(-c4ccc(S(=O)(=O)C(C)CCF)cc4)cnc3N)on2)c(F)c1. The van der Waals surface area contributed by atoms with E-state index in [2.05, 4.69) is 20.4 Å². The van der Waals surface area contributed by atoms with Crippen LogP contribution < -0.4 is 11.1 Å². The zero-order chi connectivity index (χ0) is 25.9. The van der Waals surface area contributed by atoms with E-state index in [4.69, 9.17) is 10.3 Å². The fourth-order valence-corrected chi connectivity index (χ4v) is 5.05. The third kappa shape index (κ3) is 5.12. The average molecular weight is 514 g/mol. The Morgan fingerprint density at radius 1 is 1.11 bits per heavy atom. The predicted molar refractivity (Wildman–Crippen MR) is 133 cm³/mol. The number of nitrogens with zero attached hydrogens (tertiary/aromatic N) is 3. The molecular weight excluding hydrogens is 488 g/mol. The Bertz CT molecular complexity index is 1470. The second kappa shape index (κ2) is 10.5. The molecule has 4 aromatic rings. The number of hydrogen-bond acceptors (Lipinski definition) is 8. The van der Waals surface area contributed by atoms with Crippen LogP contribution in [0.3, 0.4) is 0 Å². The molecule has 1 atom stereocenters. The molecular formula is C25H25F2N5O3S. The van der Waals surface area contributed by atoms with E-state index >= 15 is 0 Å². The Kier molecular flexibility index (Phi) is 7.41. The van der Waals surface area contributed by atoms with E-state index in [0.717, 1.165) is 5.56 Å². The fraction of sp³-hybridized carbons (Fsp3) is 0.240. The summed E-state index contributed by atoms with van der Waals surface area (Å²) >= 11 is 0. The minimum atomic E-state index is -3.64. The number of halogens is 2. The van der Waals surface area contributed by atoms with Gasteiger partial charge in [-0.1, -0.05) is 23.4 Å². The highest BCUT2D eigenvalue weighted by Gasteiger charge is 2.23. The van der Waals surface area contributed by atoms with Crippen LogP contribution in [0.1, 0.15) is 18.9 Å². The van der Waals surface area contributed by atoms with Crippen LogP contribution in [0.2, 0.25) is 0 Å². The van der Waals surface area contributed by atoms with Crippen molar-refractivity contribution in [1.82, 2.24) is 20.4 Å². The van der Waals surface area contributed by atoms with E-state index in [1.807, 2.05) is 0 Å². The lowest BCUT2D eigenvalue weighted by atomic mass is 10.1. The van der Waals surface area contributed by atoms with Gasteiger partial charge in [-0.2, -0.15) is 0 Å². The van der Waals surface area contributed by atoms with Gasteiger partial charge in [-0.25, -0.2) is 22.8 Å². The lowest BCUT2D eigenvalue weighted by Crippen LogP contribution is -2.18. The standard InChI is InChI=1S/C25H25F2N5O3S/c1-15(9-10-26)36(33,34)18-6-4-17(5-7-18)22-14-30-25(28)24(31-22)23-12-21(32-35-23)19-8-3-16(13-29-2)11-20(19)27/h3-8,11-12,14-15,29H,9-10,13H2,1-2H3,(H2,28,30). The molecule has 0 spiro atoms. The molecule has 0 amide bonds. The van der Waals surface area contributed by atoms with Crippen molar-refractivity contribution in [2.24, 2.45) is 0 Å². The average Bonchev–Trinajstić information content (AvgIpc) is 3.34. The van der Waals surface area contributed by atoms with Crippen molar-refractivity contribution >= 4 is 15.7 Å². The number of anilines is 1. The molecule has 0 saturated carbocycles. The molecule has 3 N–H and O–H groups in total. The maximum atomic E-state index is 14.6. The third-order valence-electron chi connectivity index (χ3n) is 5.76. The van der Waals surface area contributed by atoms with Crippen LogP contribution in [0.25, 0.3) is 34.0 Å². The van der Waals surface area contributed by atoms with Crippen LogP contribution in [0, 0.1) is 5.82 Å². The van der Waals surface area contributed by atoms with Gasteiger partial charge in [0.15, 0.2) is 27.1 Å². The van der Waals surface area contributed by atoms with Crippen LogP contribution in [-0.4, -0.2) is 42.5 Å². The van der Waals surface area contributed by atoms with Gasteiger partial charge in [0.05, 0.1) is 28.7 Å². The van der Waals surface area contributed by atoms with Crippen molar-refractivity contribution in [3.8, 4) is 34.0 Å². The summed E-state index contributed by atoms with van der Waals surface area (Å²) < 4.78 is 57.8. The Labute approximate surface area is 207 Å². The van der Waals surface area contributed by atoms with E-state index < -0.39 is 27.6 Å². The summed E-state index contributed by atoms with van der Waals surface area (Å²) in [5.74, 6) is -0.147. The second-order valence-corrected chi connectivity index (χ2v) is 10.6. The number of nitrogens with two attached hydrogens (primary N) is 1. The number of nitrogens with one attached hydrogen (secondary N) is 1. The molecule has 188 valence electrons. The molecule has 0 aliphatic rings. The number of alkyl halides is 1. The van der Waals surface area contributed by atoms with Crippen molar-refractivity contribution in [1.29, 1.82) is 0 Å². The number of benzene rings is 2. The summed E-state index contributed by atoms with van der Waals surface area (Å²) in [7, 11) is -1.87. The summed E-state index contributed by atoms with van der Waals surface area (Å²) in [5.41, 5.74) is 8.58. The molecule has 0 saturated heterocycles. The molecule has 0 aliphatic heterocycles. The first-order chi connectivity index (χ1) is 17.2. The van der Waals surface area contributed by atoms with Crippen LogP contribution in [0.5, 0.6) is 0 Å². The Morgan fingerprint density at radius 2 is 1.86 bits per heavy atom. The van der Waals surface area contributed by atoms with Gasteiger partial charge in [0.2, 0.25) is 0 Å². The second-order valence-electron chi connectivity index (χ2n) is 8.27. The maximum Gasteiger partial charge on any atom is 0.189 e. The van der Waals surface area contributed by atoms with Crippen LogP contribution in [0.4, 0.5) is 14.6 Å². The molecule has 4 rings (SSSR count). The summed E-state index contributed by atoms with van der Waals surface area (Å²) in [4.78, 5) is 8.78. The highest BCUT2D eigenvalue weighted by atomic mass is 32.2. The van der Waals surface area contributed by atoms with E-state index in [1.165, 1.54) is 37.4 Å². The molecule has 11 heteroatoms. The zero-order valence-corrected chi connectivity index (χ0v) is 20.5.